The third-order valence-corrected chi connectivity index (χ3v) is 4.57. The van der Waals surface area contributed by atoms with Gasteiger partial charge in [-0.05, 0) is 43.2 Å². The molecule has 1 aromatic carbocycles. The minimum absolute atomic E-state index is 0.0939. The predicted octanol–water partition coefficient (Wildman–Crippen LogP) is 2.36. The average Bonchev–Trinajstić information content (AvgIpc) is 2.35. The number of hydrogen-bond donors (Lipinski definition) is 2. The van der Waals surface area contributed by atoms with Crippen LogP contribution in [0, 0.1) is 25.6 Å². The van der Waals surface area contributed by atoms with E-state index in [2.05, 4.69) is 9.71 Å². The van der Waals surface area contributed by atoms with E-state index in [-0.39, 0.29) is 27.5 Å². The molecule has 0 aliphatic rings. The van der Waals surface area contributed by atoms with Crippen molar-refractivity contribution >= 4 is 21.5 Å². The lowest BCUT2D eigenvalue weighted by Crippen LogP contribution is -2.18. The van der Waals surface area contributed by atoms with Crippen molar-refractivity contribution in [3.05, 3.63) is 47.2 Å². The number of nitrogens with zero attached hydrogens (tertiary/aromatic N) is 1. The van der Waals surface area contributed by atoms with Crippen molar-refractivity contribution < 1.29 is 17.2 Å². The van der Waals surface area contributed by atoms with Crippen LogP contribution in [0.4, 0.5) is 20.3 Å². The molecule has 0 fully saturated rings. The molecular formula is C13H13F2N3O2S. The average molecular weight is 313 g/mol. The Hall–Kier alpha value is -2.22. The molecule has 8 heteroatoms. The molecular weight excluding hydrogens is 300 g/mol. The van der Waals surface area contributed by atoms with Crippen molar-refractivity contribution in [3.8, 4) is 0 Å². The first-order valence-corrected chi connectivity index (χ1v) is 7.41. The van der Waals surface area contributed by atoms with Gasteiger partial charge in [-0.3, -0.25) is 4.72 Å². The Balaban J connectivity index is 2.53. The normalized spacial score (nSPS) is 11.4. The van der Waals surface area contributed by atoms with Gasteiger partial charge in [0.1, 0.15) is 11.6 Å². The maximum atomic E-state index is 13.5. The van der Waals surface area contributed by atoms with Crippen molar-refractivity contribution in [2.45, 2.75) is 18.7 Å². The number of aryl methyl sites for hydroxylation is 1. The molecule has 0 unspecified atom stereocenters. The third-order valence-electron chi connectivity index (χ3n) is 2.93. The molecule has 112 valence electrons. The highest BCUT2D eigenvalue weighted by atomic mass is 32.2. The minimum Gasteiger partial charge on any atom is -0.396 e. The molecule has 1 heterocycles. The number of nitrogen functional groups attached to an aromatic ring is 1. The van der Waals surface area contributed by atoms with Gasteiger partial charge in [-0.2, -0.15) is 4.39 Å². The summed E-state index contributed by atoms with van der Waals surface area (Å²) >= 11 is 0. The van der Waals surface area contributed by atoms with Crippen LogP contribution in [0.25, 0.3) is 0 Å². The smallest absolute Gasteiger partial charge is 0.263 e. The van der Waals surface area contributed by atoms with Crippen LogP contribution < -0.4 is 10.5 Å². The number of benzene rings is 1. The summed E-state index contributed by atoms with van der Waals surface area (Å²) in [6, 6.07) is 4.75. The van der Waals surface area contributed by atoms with Crippen LogP contribution in [0.15, 0.2) is 29.2 Å². The monoisotopic (exact) mass is 313 g/mol. The summed E-state index contributed by atoms with van der Waals surface area (Å²) < 4.78 is 53.4. The number of nitrogens with two attached hydrogens (primary N) is 1. The van der Waals surface area contributed by atoms with Crippen LogP contribution in [0.5, 0.6) is 0 Å². The Kier molecular flexibility index (Phi) is 3.82. The van der Waals surface area contributed by atoms with Crippen LogP contribution in [0.3, 0.4) is 0 Å². The number of hydrogen-bond acceptors (Lipinski definition) is 4. The molecule has 21 heavy (non-hydrogen) atoms. The Labute approximate surface area is 120 Å². The fraction of sp³-hybridized carbons (Fsp3) is 0.154. The molecule has 0 aliphatic carbocycles. The topological polar surface area (TPSA) is 85.1 Å². The van der Waals surface area contributed by atoms with E-state index in [4.69, 9.17) is 5.73 Å². The predicted molar refractivity (Wildman–Crippen MR) is 75.3 cm³/mol. The molecule has 0 spiro atoms. The molecule has 0 amide bonds. The summed E-state index contributed by atoms with van der Waals surface area (Å²) in [5, 5.41) is 0. The van der Waals surface area contributed by atoms with Crippen molar-refractivity contribution in [3.63, 3.8) is 0 Å². The number of nitrogens with one attached hydrogen (secondary N) is 1. The zero-order valence-electron chi connectivity index (χ0n) is 11.3. The van der Waals surface area contributed by atoms with Crippen LogP contribution in [0.1, 0.15) is 11.1 Å². The van der Waals surface area contributed by atoms with Gasteiger partial charge in [0.2, 0.25) is 5.95 Å². The van der Waals surface area contributed by atoms with Gasteiger partial charge < -0.3 is 5.73 Å². The molecule has 0 atom stereocenters. The highest BCUT2D eigenvalue weighted by Crippen LogP contribution is 2.28. The summed E-state index contributed by atoms with van der Waals surface area (Å²) in [5.74, 6) is -1.67. The molecule has 0 radical (unpaired) electrons. The Morgan fingerprint density at radius 3 is 2.52 bits per heavy atom. The SMILES string of the molecule is Cc1cc(F)c(N)c(C)c1S(=O)(=O)Nc1cccc(F)n1. The lowest BCUT2D eigenvalue weighted by Gasteiger charge is -2.14. The van der Waals surface area contributed by atoms with Gasteiger partial charge in [-0.15, -0.1) is 0 Å². The van der Waals surface area contributed by atoms with Gasteiger partial charge in [0.05, 0.1) is 10.6 Å². The quantitative estimate of drug-likeness (QED) is 0.673. The number of rotatable bonds is 3. The third kappa shape index (κ3) is 2.94. The molecule has 0 saturated carbocycles. The molecule has 1 aromatic heterocycles. The number of anilines is 2. The lowest BCUT2D eigenvalue weighted by atomic mass is 10.1. The second kappa shape index (κ2) is 5.28. The number of sulfonamides is 1. The van der Waals surface area contributed by atoms with E-state index < -0.39 is 21.8 Å². The zero-order valence-corrected chi connectivity index (χ0v) is 12.1. The number of halogens is 2. The van der Waals surface area contributed by atoms with E-state index >= 15 is 0 Å². The zero-order chi connectivity index (χ0) is 15.8. The second-order valence-corrected chi connectivity index (χ2v) is 6.11. The summed E-state index contributed by atoms with van der Waals surface area (Å²) in [6.45, 7) is 2.85. The van der Waals surface area contributed by atoms with Gasteiger partial charge in [-0.1, -0.05) is 6.07 Å². The first-order valence-electron chi connectivity index (χ1n) is 5.93. The highest BCUT2D eigenvalue weighted by molar-refractivity contribution is 7.92. The number of aromatic nitrogens is 1. The largest absolute Gasteiger partial charge is 0.396 e. The summed E-state index contributed by atoms with van der Waals surface area (Å²) in [6.07, 6.45) is 0. The first kappa shape index (κ1) is 15.2. The Bertz CT molecular complexity index is 807. The fourth-order valence-corrected chi connectivity index (χ4v) is 3.48. The maximum absolute atomic E-state index is 13.5. The number of pyridine rings is 1. The standard InChI is InChI=1S/C13H13F2N3O2S/c1-7-6-9(14)12(16)8(2)13(7)21(19,20)18-11-5-3-4-10(15)17-11/h3-6H,16H2,1-2H3,(H,17,18). The summed E-state index contributed by atoms with van der Waals surface area (Å²) in [5.41, 5.74) is 5.57. The van der Waals surface area contributed by atoms with Crippen LogP contribution in [-0.4, -0.2) is 13.4 Å². The fourth-order valence-electron chi connectivity index (χ4n) is 2.00. The van der Waals surface area contributed by atoms with Gasteiger partial charge in [0, 0.05) is 0 Å². The molecule has 2 aromatic rings. The molecule has 0 saturated heterocycles. The lowest BCUT2D eigenvalue weighted by molar-refractivity contribution is 0.584. The molecule has 2 rings (SSSR count). The van der Waals surface area contributed by atoms with Crippen LogP contribution >= 0.6 is 0 Å². The molecule has 3 N–H and O–H groups in total. The van der Waals surface area contributed by atoms with Crippen molar-refractivity contribution in [2.75, 3.05) is 10.5 Å². The van der Waals surface area contributed by atoms with E-state index in [0.717, 1.165) is 12.1 Å². The van der Waals surface area contributed by atoms with Crippen LogP contribution in [-0.2, 0) is 10.0 Å². The van der Waals surface area contributed by atoms with E-state index in [1.54, 1.807) is 0 Å². The van der Waals surface area contributed by atoms with Gasteiger partial charge in [0.25, 0.3) is 10.0 Å². The van der Waals surface area contributed by atoms with Crippen molar-refractivity contribution in [1.82, 2.24) is 4.98 Å². The van der Waals surface area contributed by atoms with Gasteiger partial charge >= 0.3 is 0 Å². The molecule has 0 aliphatic heterocycles. The van der Waals surface area contributed by atoms with Gasteiger partial charge in [-0.25, -0.2) is 17.8 Å². The summed E-state index contributed by atoms with van der Waals surface area (Å²) in [4.78, 5) is 3.28. The highest BCUT2D eigenvalue weighted by Gasteiger charge is 2.23. The molecule has 5 nitrogen and oxygen atoms in total. The van der Waals surface area contributed by atoms with Gasteiger partial charge in [0.15, 0.2) is 0 Å². The second-order valence-electron chi connectivity index (χ2n) is 4.49. The van der Waals surface area contributed by atoms with Crippen LogP contribution in [0.2, 0.25) is 0 Å². The Morgan fingerprint density at radius 2 is 1.90 bits per heavy atom. The first-order chi connectivity index (χ1) is 9.72. The Morgan fingerprint density at radius 1 is 1.24 bits per heavy atom. The minimum atomic E-state index is -4.06. The maximum Gasteiger partial charge on any atom is 0.263 e. The van der Waals surface area contributed by atoms with E-state index in [0.29, 0.717) is 0 Å². The van der Waals surface area contributed by atoms with E-state index in [1.165, 1.54) is 26.0 Å². The van der Waals surface area contributed by atoms with Crippen molar-refractivity contribution in [1.29, 1.82) is 0 Å². The molecule has 0 bridgehead atoms. The van der Waals surface area contributed by atoms with E-state index in [1.807, 2.05) is 0 Å². The van der Waals surface area contributed by atoms with Crippen molar-refractivity contribution in [2.24, 2.45) is 0 Å². The van der Waals surface area contributed by atoms with E-state index in [9.17, 15) is 17.2 Å². The summed E-state index contributed by atoms with van der Waals surface area (Å²) in [7, 11) is -4.06.